The molecule has 1 aliphatic carbocycles. The smallest absolute Gasteiger partial charge is 0.305 e. The minimum Gasteiger partial charge on any atom is -0.469 e. The van der Waals surface area contributed by atoms with Crippen molar-refractivity contribution in [3.8, 4) is 0 Å². The van der Waals surface area contributed by atoms with Crippen LogP contribution in [0, 0.1) is 11.8 Å². The standard InChI is InChI=1S/C26H45ClO4Si/c1-20(2)13-12-14-21(3)17-18-26(31-32(5,6)7)19-23(27)25(29)22(26)15-10-8-9-11-16-24(28)30-4/h15,19-21H,8-14,16-18H2,1-7H3. The fraction of sp³-hybridized carbons (Fsp3) is 0.769. The molecule has 0 aromatic carbocycles. The molecule has 184 valence electrons. The number of allylic oxidation sites excluding steroid dienone is 2. The summed E-state index contributed by atoms with van der Waals surface area (Å²) in [5, 5.41) is 0.285. The van der Waals surface area contributed by atoms with Crippen molar-refractivity contribution < 1.29 is 18.8 Å². The van der Waals surface area contributed by atoms with E-state index in [2.05, 4.69) is 45.1 Å². The molecule has 0 spiro atoms. The summed E-state index contributed by atoms with van der Waals surface area (Å²) in [5.74, 6) is 1.06. The van der Waals surface area contributed by atoms with Crippen molar-refractivity contribution in [2.45, 2.75) is 110 Å². The molecule has 6 heteroatoms. The lowest BCUT2D eigenvalue weighted by Gasteiger charge is -2.36. The first kappa shape index (κ1) is 29.1. The lowest BCUT2D eigenvalue weighted by atomic mass is 9.86. The average molecular weight is 485 g/mol. The number of unbranched alkanes of at least 4 members (excludes halogenated alkanes) is 3. The predicted molar refractivity (Wildman–Crippen MR) is 136 cm³/mol. The van der Waals surface area contributed by atoms with Crippen LogP contribution in [0.4, 0.5) is 0 Å². The van der Waals surface area contributed by atoms with Gasteiger partial charge in [0.05, 0.1) is 12.1 Å². The van der Waals surface area contributed by atoms with E-state index >= 15 is 0 Å². The van der Waals surface area contributed by atoms with Crippen molar-refractivity contribution in [2.75, 3.05) is 7.11 Å². The Bertz CT molecular complexity index is 678. The van der Waals surface area contributed by atoms with Crippen LogP contribution in [0.3, 0.4) is 0 Å². The molecule has 2 unspecified atom stereocenters. The molecular formula is C26H45ClO4Si. The molecule has 0 heterocycles. The summed E-state index contributed by atoms with van der Waals surface area (Å²) < 4.78 is 11.4. The number of methoxy groups -OCH3 is 1. The number of Topliss-reactive ketones (excluding diaryl/α,β-unsaturated/α-hetero) is 1. The molecule has 1 aliphatic rings. The highest BCUT2D eigenvalue weighted by Gasteiger charge is 2.46. The topological polar surface area (TPSA) is 52.6 Å². The second kappa shape index (κ2) is 13.7. The number of ether oxygens (including phenoxy) is 1. The van der Waals surface area contributed by atoms with E-state index in [0.29, 0.717) is 17.9 Å². The van der Waals surface area contributed by atoms with Crippen LogP contribution in [-0.2, 0) is 18.8 Å². The Morgan fingerprint density at radius 2 is 1.78 bits per heavy atom. The van der Waals surface area contributed by atoms with E-state index in [-0.39, 0.29) is 16.8 Å². The quantitative estimate of drug-likeness (QED) is 0.104. The third kappa shape index (κ3) is 10.3. The molecule has 0 aromatic rings. The monoisotopic (exact) mass is 484 g/mol. The van der Waals surface area contributed by atoms with Crippen LogP contribution in [0.5, 0.6) is 0 Å². The summed E-state index contributed by atoms with van der Waals surface area (Å²) in [6.07, 6.45) is 13.3. The number of ketones is 1. The lowest BCUT2D eigenvalue weighted by molar-refractivity contribution is -0.140. The van der Waals surface area contributed by atoms with Crippen molar-refractivity contribution in [1.29, 1.82) is 0 Å². The second-order valence-electron chi connectivity index (χ2n) is 10.7. The summed E-state index contributed by atoms with van der Waals surface area (Å²) in [4.78, 5) is 24.2. The first-order chi connectivity index (χ1) is 14.9. The SMILES string of the molecule is COC(=O)CCCCCC=C1C(=O)C(Cl)=CC1(CCC(C)CCCC(C)C)O[Si](C)(C)C. The van der Waals surface area contributed by atoms with Crippen LogP contribution in [-0.4, -0.2) is 32.8 Å². The van der Waals surface area contributed by atoms with E-state index in [1.54, 1.807) is 0 Å². The number of carbonyl (C=O) groups excluding carboxylic acids is 2. The van der Waals surface area contributed by atoms with Gasteiger partial charge in [0, 0.05) is 12.0 Å². The fourth-order valence-electron chi connectivity index (χ4n) is 4.24. The number of hydrogen-bond acceptors (Lipinski definition) is 4. The third-order valence-electron chi connectivity index (χ3n) is 5.91. The number of halogens is 1. The maximum Gasteiger partial charge on any atom is 0.305 e. The van der Waals surface area contributed by atoms with Gasteiger partial charge in [0.2, 0.25) is 5.78 Å². The number of esters is 1. The first-order valence-electron chi connectivity index (χ1n) is 12.3. The molecule has 32 heavy (non-hydrogen) atoms. The van der Waals surface area contributed by atoms with Crippen LogP contribution in [0.2, 0.25) is 19.6 Å². The van der Waals surface area contributed by atoms with Gasteiger partial charge >= 0.3 is 5.97 Å². The van der Waals surface area contributed by atoms with E-state index in [4.69, 9.17) is 16.0 Å². The Kier molecular flexibility index (Phi) is 12.5. The van der Waals surface area contributed by atoms with Gasteiger partial charge in [0.1, 0.15) is 5.60 Å². The summed E-state index contributed by atoms with van der Waals surface area (Å²) in [7, 11) is -0.517. The maximum absolute atomic E-state index is 13.0. The lowest BCUT2D eigenvalue weighted by Crippen LogP contribution is -2.42. The van der Waals surface area contributed by atoms with Gasteiger partial charge in [-0.25, -0.2) is 0 Å². The molecule has 0 N–H and O–H groups in total. The van der Waals surface area contributed by atoms with Gasteiger partial charge in [0.15, 0.2) is 8.32 Å². The first-order valence-corrected chi connectivity index (χ1v) is 16.1. The van der Waals surface area contributed by atoms with Gasteiger partial charge in [-0.15, -0.1) is 0 Å². The number of rotatable bonds is 15. The average Bonchev–Trinajstić information content (AvgIpc) is 2.91. The van der Waals surface area contributed by atoms with E-state index in [1.165, 1.54) is 26.4 Å². The third-order valence-corrected chi connectivity index (χ3v) is 7.17. The summed E-state index contributed by atoms with van der Waals surface area (Å²) in [6.45, 7) is 13.3. The van der Waals surface area contributed by atoms with Crippen LogP contribution >= 0.6 is 11.6 Å². The van der Waals surface area contributed by atoms with Crippen molar-refractivity contribution in [2.24, 2.45) is 11.8 Å². The fourth-order valence-corrected chi connectivity index (χ4v) is 5.88. The summed E-state index contributed by atoms with van der Waals surface area (Å²) in [5.41, 5.74) is 0.0176. The normalized spacial score (nSPS) is 21.3. The predicted octanol–water partition coefficient (Wildman–Crippen LogP) is 7.57. The highest BCUT2D eigenvalue weighted by molar-refractivity contribution is 6.70. The van der Waals surface area contributed by atoms with E-state index in [1.807, 2.05) is 12.2 Å². The zero-order valence-electron chi connectivity index (χ0n) is 21.4. The minimum atomic E-state index is -1.93. The van der Waals surface area contributed by atoms with Crippen LogP contribution in [0.1, 0.15) is 85.0 Å². The van der Waals surface area contributed by atoms with Crippen molar-refractivity contribution in [3.63, 3.8) is 0 Å². The van der Waals surface area contributed by atoms with E-state index < -0.39 is 13.9 Å². The summed E-state index contributed by atoms with van der Waals surface area (Å²) in [6, 6.07) is 0. The molecule has 0 aromatic heterocycles. The minimum absolute atomic E-state index is 0.0908. The zero-order chi connectivity index (χ0) is 24.4. The van der Waals surface area contributed by atoms with E-state index in [9.17, 15) is 9.59 Å². The van der Waals surface area contributed by atoms with Gasteiger partial charge < -0.3 is 9.16 Å². The van der Waals surface area contributed by atoms with Crippen LogP contribution in [0.15, 0.2) is 22.8 Å². The number of carbonyl (C=O) groups is 2. The van der Waals surface area contributed by atoms with Gasteiger partial charge in [-0.05, 0) is 69.7 Å². The summed E-state index contributed by atoms with van der Waals surface area (Å²) >= 11 is 6.37. The molecule has 0 radical (unpaired) electrons. The Balaban J connectivity index is 2.86. The van der Waals surface area contributed by atoms with Crippen LogP contribution < -0.4 is 0 Å². The molecule has 0 saturated carbocycles. The Labute approximate surface area is 202 Å². The van der Waals surface area contributed by atoms with Crippen molar-refractivity contribution in [1.82, 2.24) is 0 Å². The second-order valence-corrected chi connectivity index (χ2v) is 15.5. The van der Waals surface area contributed by atoms with Gasteiger partial charge in [-0.2, -0.15) is 0 Å². The van der Waals surface area contributed by atoms with Gasteiger partial charge in [-0.1, -0.05) is 64.1 Å². The van der Waals surface area contributed by atoms with Crippen molar-refractivity contribution >= 4 is 31.7 Å². The Morgan fingerprint density at radius 3 is 2.38 bits per heavy atom. The van der Waals surface area contributed by atoms with Crippen LogP contribution in [0.25, 0.3) is 0 Å². The number of hydrogen-bond donors (Lipinski definition) is 0. The molecule has 1 rings (SSSR count). The molecule has 0 amide bonds. The molecule has 0 aliphatic heterocycles. The highest BCUT2D eigenvalue weighted by atomic mass is 35.5. The van der Waals surface area contributed by atoms with Gasteiger partial charge in [0.25, 0.3) is 0 Å². The van der Waals surface area contributed by atoms with E-state index in [0.717, 1.165) is 44.4 Å². The maximum atomic E-state index is 13.0. The molecule has 0 saturated heterocycles. The zero-order valence-corrected chi connectivity index (χ0v) is 23.1. The molecule has 2 atom stereocenters. The largest absolute Gasteiger partial charge is 0.469 e. The molecule has 0 bridgehead atoms. The van der Waals surface area contributed by atoms with Gasteiger partial charge in [-0.3, -0.25) is 9.59 Å². The molecular weight excluding hydrogens is 440 g/mol. The van der Waals surface area contributed by atoms with Crippen molar-refractivity contribution in [3.05, 3.63) is 22.8 Å². The molecule has 0 fully saturated rings. The molecule has 4 nitrogen and oxygen atoms in total. The highest BCUT2D eigenvalue weighted by Crippen LogP contribution is 2.42. The Morgan fingerprint density at radius 1 is 1.09 bits per heavy atom. The Hall–Kier alpha value is -0.913.